The van der Waals surface area contributed by atoms with Gasteiger partial charge in [-0.2, -0.15) is 0 Å². The van der Waals surface area contributed by atoms with Crippen LogP contribution in [0.15, 0.2) is 77.5 Å². The van der Waals surface area contributed by atoms with Crippen molar-refractivity contribution in [2.75, 3.05) is 13.2 Å². The van der Waals surface area contributed by atoms with Crippen molar-refractivity contribution in [3.05, 3.63) is 107 Å². The van der Waals surface area contributed by atoms with Crippen molar-refractivity contribution in [1.29, 1.82) is 0 Å². The van der Waals surface area contributed by atoms with Crippen molar-refractivity contribution in [2.45, 2.75) is 33.7 Å². The van der Waals surface area contributed by atoms with Gasteiger partial charge in [-0.1, -0.05) is 19.9 Å². The van der Waals surface area contributed by atoms with E-state index in [9.17, 15) is 14.0 Å². The Bertz CT molecular complexity index is 1740. The fourth-order valence-electron chi connectivity index (χ4n) is 4.82. The molecule has 0 saturated heterocycles. The van der Waals surface area contributed by atoms with Crippen molar-refractivity contribution >= 4 is 22.8 Å². The molecule has 5 aromatic rings. The van der Waals surface area contributed by atoms with E-state index < -0.39 is 11.7 Å². The molecule has 2 amide bonds. The number of benzene rings is 3. The molecular formula is C33H33FN4O4. The van der Waals surface area contributed by atoms with Gasteiger partial charge < -0.3 is 24.8 Å². The van der Waals surface area contributed by atoms with Gasteiger partial charge in [-0.25, -0.2) is 9.37 Å². The first-order chi connectivity index (χ1) is 20.2. The van der Waals surface area contributed by atoms with E-state index in [1.54, 1.807) is 30.5 Å². The molecule has 2 aromatic heterocycles. The fraction of sp³-hybridized carbons (Fsp3) is 0.242. The number of furan rings is 1. The average Bonchev–Trinajstić information content (AvgIpc) is 3.55. The second-order valence-corrected chi connectivity index (χ2v) is 10.7. The van der Waals surface area contributed by atoms with Crippen LogP contribution in [0.1, 0.15) is 51.5 Å². The quantitative estimate of drug-likeness (QED) is 0.206. The molecule has 8 nitrogen and oxygen atoms in total. The predicted molar refractivity (Wildman–Crippen MR) is 159 cm³/mol. The molecule has 3 N–H and O–H groups in total. The van der Waals surface area contributed by atoms with Gasteiger partial charge in [-0.3, -0.25) is 9.59 Å². The lowest BCUT2D eigenvalue weighted by Gasteiger charge is -2.13. The van der Waals surface area contributed by atoms with Gasteiger partial charge in [-0.15, -0.1) is 0 Å². The molecule has 0 saturated carbocycles. The number of primary amides is 1. The smallest absolute Gasteiger partial charge is 0.253 e. The molecule has 0 unspecified atom stereocenters. The summed E-state index contributed by atoms with van der Waals surface area (Å²) in [5, 5.41) is 3.54. The van der Waals surface area contributed by atoms with Crippen LogP contribution < -0.4 is 15.8 Å². The van der Waals surface area contributed by atoms with Gasteiger partial charge in [0.1, 0.15) is 35.3 Å². The minimum atomic E-state index is -0.641. The van der Waals surface area contributed by atoms with Crippen LogP contribution >= 0.6 is 0 Å². The minimum absolute atomic E-state index is 0.175. The molecule has 0 aliphatic carbocycles. The number of fused-ring (bicyclic) bond motifs is 1. The van der Waals surface area contributed by atoms with Gasteiger partial charge >= 0.3 is 0 Å². The summed E-state index contributed by atoms with van der Waals surface area (Å²) in [5.74, 6) is 0.881. The zero-order chi connectivity index (χ0) is 29.8. The Kier molecular flexibility index (Phi) is 8.38. The van der Waals surface area contributed by atoms with Crippen LogP contribution in [-0.2, 0) is 13.0 Å². The van der Waals surface area contributed by atoms with Crippen molar-refractivity contribution in [2.24, 2.45) is 11.7 Å². The molecule has 2 heterocycles. The normalized spacial score (nSPS) is 11.3. The third-order valence-electron chi connectivity index (χ3n) is 6.94. The molecule has 3 aromatic carbocycles. The first-order valence-electron chi connectivity index (χ1n) is 13.8. The largest absolute Gasteiger partial charge is 0.492 e. The Morgan fingerprint density at radius 1 is 1.07 bits per heavy atom. The van der Waals surface area contributed by atoms with Gasteiger partial charge in [0.2, 0.25) is 0 Å². The van der Waals surface area contributed by atoms with Crippen molar-refractivity contribution < 1.29 is 23.1 Å². The number of halogens is 1. The molecule has 0 radical (unpaired) electrons. The Balaban J connectivity index is 1.45. The molecule has 0 spiro atoms. The lowest BCUT2D eigenvalue weighted by molar-refractivity contribution is 0.0947. The number of amides is 2. The van der Waals surface area contributed by atoms with E-state index >= 15 is 0 Å². The molecule has 5 rings (SSSR count). The van der Waals surface area contributed by atoms with Crippen LogP contribution in [0.3, 0.4) is 0 Å². The van der Waals surface area contributed by atoms with Crippen LogP contribution in [0.4, 0.5) is 4.39 Å². The summed E-state index contributed by atoms with van der Waals surface area (Å²) in [6.07, 6.45) is 4.11. The molecule has 0 atom stereocenters. The molecule has 42 heavy (non-hydrogen) atoms. The van der Waals surface area contributed by atoms with Gasteiger partial charge in [-0.05, 0) is 85.0 Å². The number of imidazole rings is 1. The summed E-state index contributed by atoms with van der Waals surface area (Å²) in [6.45, 7) is 7.59. The molecule has 0 bridgehead atoms. The average molecular weight is 569 g/mol. The van der Waals surface area contributed by atoms with Gasteiger partial charge in [0.15, 0.2) is 0 Å². The van der Waals surface area contributed by atoms with Crippen LogP contribution in [0.5, 0.6) is 5.75 Å². The lowest BCUT2D eigenvalue weighted by atomic mass is 9.99. The number of aryl methyl sites for hydroxylation is 1. The van der Waals surface area contributed by atoms with E-state index in [0.717, 1.165) is 17.0 Å². The van der Waals surface area contributed by atoms with E-state index in [1.807, 2.05) is 55.8 Å². The number of rotatable bonds is 11. The van der Waals surface area contributed by atoms with Gasteiger partial charge in [0.25, 0.3) is 11.8 Å². The van der Waals surface area contributed by atoms with Crippen molar-refractivity contribution in [3.63, 3.8) is 0 Å². The topological polar surface area (TPSA) is 112 Å². The van der Waals surface area contributed by atoms with E-state index in [4.69, 9.17) is 14.9 Å². The molecule has 9 heteroatoms. The maximum absolute atomic E-state index is 13.5. The third kappa shape index (κ3) is 6.52. The lowest BCUT2D eigenvalue weighted by Crippen LogP contribution is -2.27. The first kappa shape index (κ1) is 28.6. The summed E-state index contributed by atoms with van der Waals surface area (Å²) in [5.41, 5.74) is 9.30. The maximum atomic E-state index is 13.5. The second kappa shape index (κ2) is 12.3. The summed E-state index contributed by atoms with van der Waals surface area (Å²) in [6, 6.07) is 16.8. The van der Waals surface area contributed by atoms with Crippen LogP contribution in [-0.4, -0.2) is 34.5 Å². The van der Waals surface area contributed by atoms with Crippen molar-refractivity contribution in [3.8, 4) is 17.1 Å². The Hall–Kier alpha value is -4.92. The van der Waals surface area contributed by atoms with E-state index in [2.05, 4.69) is 10.3 Å². The van der Waals surface area contributed by atoms with E-state index in [1.165, 1.54) is 12.1 Å². The minimum Gasteiger partial charge on any atom is -0.492 e. The highest BCUT2D eigenvalue weighted by Crippen LogP contribution is 2.34. The van der Waals surface area contributed by atoms with Crippen LogP contribution in [0.25, 0.3) is 22.3 Å². The number of nitrogens with two attached hydrogens (primary N) is 1. The molecule has 0 aliphatic heterocycles. The molecular weight excluding hydrogens is 535 g/mol. The monoisotopic (exact) mass is 568 g/mol. The highest BCUT2D eigenvalue weighted by atomic mass is 19.1. The Labute approximate surface area is 243 Å². The number of carbonyl (C=O) groups is 2. The number of ether oxygens (including phenoxy) is 1. The molecule has 216 valence electrons. The van der Waals surface area contributed by atoms with Crippen LogP contribution in [0, 0.1) is 18.7 Å². The molecule has 0 fully saturated rings. The maximum Gasteiger partial charge on any atom is 0.253 e. The number of carbonyl (C=O) groups excluding carboxylic acids is 2. The van der Waals surface area contributed by atoms with E-state index in [0.29, 0.717) is 65.6 Å². The number of hydrogen-bond acceptors (Lipinski definition) is 5. The second-order valence-electron chi connectivity index (χ2n) is 10.7. The van der Waals surface area contributed by atoms with Gasteiger partial charge in [0.05, 0.1) is 12.1 Å². The van der Waals surface area contributed by atoms with Crippen LogP contribution in [0.2, 0.25) is 0 Å². The summed E-state index contributed by atoms with van der Waals surface area (Å²) >= 11 is 0. The summed E-state index contributed by atoms with van der Waals surface area (Å²) in [7, 11) is 0. The highest BCUT2D eigenvalue weighted by Gasteiger charge is 2.21. The summed E-state index contributed by atoms with van der Waals surface area (Å²) < 4.78 is 27.6. The standard InChI is InChI=1S/C33H33FN4O4/c1-20(2)19-37-33(40)25-15-23(16-27(18-25)41-13-12-38-11-10-36-21(38)3)14-22-4-9-29-28(17-22)30(32(35)39)31(42-29)24-5-7-26(34)8-6-24/h4-11,15-18,20H,12-14,19H2,1-3H3,(H2,35,39)(H,37,40). The summed E-state index contributed by atoms with van der Waals surface area (Å²) in [4.78, 5) is 29.7. The number of aromatic nitrogens is 2. The fourth-order valence-corrected chi connectivity index (χ4v) is 4.82. The van der Waals surface area contributed by atoms with Gasteiger partial charge in [0, 0.05) is 35.5 Å². The number of nitrogens with zero attached hydrogens (tertiary/aromatic N) is 2. The Morgan fingerprint density at radius 3 is 2.55 bits per heavy atom. The number of hydrogen-bond donors (Lipinski definition) is 2. The molecule has 0 aliphatic rings. The number of nitrogens with one attached hydrogen (secondary N) is 1. The highest BCUT2D eigenvalue weighted by molar-refractivity contribution is 6.10. The Morgan fingerprint density at radius 2 is 1.86 bits per heavy atom. The van der Waals surface area contributed by atoms with E-state index in [-0.39, 0.29) is 11.5 Å². The zero-order valence-electron chi connectivity index (χ0n) is 23.8. The van der Waals surface area contributed by atoms with Crippen molar-refractivity contribution in [1.82, 2.24) is 14.9 Å². The first-order valence-corrected chi connectivity index (χ1v) is 13.8. The predicted octanol–water partition coefficient (Wildman–Crippen LogP) is 5.90. The zero-order valence-corrected chi connectivity index (χ0v) is 23.8. The SMILES string of the molecule is Cc1nccn1CCOc1cc(Cc2ccc3oc(-c4ccc(F)cc4)c(C(N)=O)c3c2)cc(C(=O)NCC(C)C)c1. The third-order valence-corrected chi connectivity index (χ3v) is 6.94.